The summed E-state index contributed by atoms with van der Waals surface area (Å²) in [6.45, 7) is 3.47. The van der Waals surface area contributed by atoms with Crippen LogP contribution in [0.4, 0.5) is 0 Å². The van der Waals surface area contributed by atoms with E-state index < -0.39 is 0 Å². The summed E-state index contributed by atoms with van der Waals surface area (Å²) in [4.78, 5) is 18.7. The molecule has 0 bridgehead atoms. The number of carbonyl (C=O) groups excluding carboxylic acids is 1. The maximum atomic E-state index is 13.0. The van der Waals surface area contributed by atoms with E-state index in [1.165, 1.54) is 5.69 Å². The number of nitrogens with one attached hydrogen (secondary N) is 1. The Morgan fingerprint density at radius 3 is 2.88 bits per heavy atom. The summed E-state index contributed by atoms with van der Waals surface area (Å²) in [7, 11) is 2.08. The van der Waals surface area contributed by atoms with Crippen LogP contribution in [0.2, 0.25) is 0 Å². The lowest BCUT2D eigenvalue weighted by molar-refractivity contribution is 0.0920. The van der Waals surface area contributed by atoms with E-state index in [9.17, 15) is 4.79 Å². The molecule has 0 amide bonds. The van der Waals surface area contributed by atoms with E-state index in [0.29, 0.717) is 12.6 Å². The summed E-state index contributed by atoms with van der Waals surface area (Å²) in [5, 5.41) is 1.04. The molecular weight excluding hydrogens is 298 g/mol. The summed E-state index contributed by atoms with van der Waals surface area (Å²) in [6, 6.07) is 12.7. The van der Waals surface area contributed by atoms with Crippen molar-refractivity contribution in [2.75, 3.05) is 13.1 Å². The van der Waals surface area contributed by atoms with Crippen LogP contribution >= 0.6 is 0 Å². The van der Waals surface area contributed by atoms with Crippen LogP contribution in [0, 0.1) is 6.92 Å². The predicted octanol–water partition coefficient (Wildman–Crippen LogP) is 3.83. The van der Waals surface area contributed by atoms with Crippen LogP contribution in [-0.2, 0) is 7.05 Å². The maximum Gasteiger partial charge on any atom is 0.179 e. The molecule has 1 atom stereocenters. The smallest absolute Gasteiger partial charge is 0.179 e. The molecule has 1 aromatic carbocycles. The first-order valence-electron chi connectivity index (χ1n) is 8.61. The Labute approximate surface area is 142 Å². The zero-order valence-electron chi connectivity index (χ0n) is 14.2. The number of rotatable bonds is 4. The van der Waals surface area contributed by atoms with Crippen molar-refractivity contribution in [3.63, 3.8) is 0 Å². The monoisotopic (exact) mass is 321 g/mol. The van der Waals surface area contributed by atoms with Crippen LogP contribution in [-0.4, -0.2) is 33.3 Å². The van der Waals surface area contributed by atoms with Gasteiger partial charge in [-0.15, -0.1) is 0 Å². The second kappa shape index (κ2) is 5.95. The number of hydrogen-bond acceptors (Lipinski definition) is 2. The Balaban J connectivity index is 1.61. The highest BCUT2D eigenvalue weighted by molar-refractivity contribution is 6.10. The molecule has 1 aliphatic rings. The highest BCUT2D eigenvalue weighted by Gasteiger charge is 2.30. The standard InChI is InChI=1S/C20H23N3O/c1-14-20(15-7-3-4-8-16(15)21-14)19(24)13-23-12-6-10-18(23)17-9-5-11-22(17)2/h3-5,7-9,11,18,21H,6,10,12-13H2,1-2H3/t18-/m0/s1. The summed E-state index contributed by atoms with van der Waals surface area (Å²) in [5.41, 5.74) is 4.16. The molecule has 0 spiro atoms. The lowest BCUT2D eigenvalue weighted by atomic mass is 10.1. The Kier molecular flexibility index (Phi) is 3.77. The van der Waals surface area contributed by atoms with Gasteiger partial charge in [0, 0.05) is 41.1 Å². The highest BCUT2D eigenvalue weighted by Crippen LogP contribution is 2.32. The fourth-order valence-electron chi connectivity index (χ4n) is 4.07. The summed E-state index contributed by atoms with van der Waals surface area (Å²) in [6.07, 6.45) is 4.35. The minimum atomic E-state index is 0.214. The average Bonchev–Trinajstić information content (AvgIpc) is 3.24. The molecule has 0 radical (unpaired) electrons. The molecule has 4 rings (SSSR count). The van der Waals surface area contributed by atoms with Crippen LogP contribution in [0.1, 0.15) is 40.6 Å². The van der Waals surface area contributed by atoms with Gasteiger partial charge in [0.2, 0.25) is 0 Å². The first kappa shape index (κ1) is 15.2. The van der Waals surface area contributed by atoms with Gasteiger partial charge in [-0.3, -0.25) is 9.69 Å². The van der Waals surface area contributed by atoms with Crippen molar-refractivity contribution in [2.24, 2.45) is 7.05 Å². The van der Waals surface area contributed by atoms with Crippen molar-refractivity contribution in [1.29, 1.82) is 0 Å². The van der Waals surface area contributed by atoms with Crippen molar-refractivity contribution in [3.05, 3.63) is 59.5 Å². The van der Waals surface area contributed by atoms with Crippen LogP contribution in [0.5, 0.6) is 0 Å². The number of aryl methyl sites for hydroxylation is 2. The van der Waals surface area contributed by atoms with Gasteiger partial charge in [0.05, 0.1) is 12.6 Å². The van der Waals surface area contributed by atoms with E-state index in [0.717, 1.165) is 41.5 Å². The van der Waals surface area contributed by atoms with Gasteiger partial charge in [-0.05, 0) is 44.5 Å². The van der Waals surface area contributed by atoms with Crippen LogP contribution in [0.3, 0.4) is 0 Å². The summed E-state index contributed by atoms with van der Waals surface area (Å²) in [5.74, 6) is 0.214. The number of carbonyl (C=O) groups is 1. The van der Waals surface area contributed by atoms with E-state index in [1.807, 2.05) is 31.2 Å². The van der Waals surface area contributed by atoms with Crippen molar-refractivity contribution in [1.82, 2.24) is 14.5 Å². The van der Waals surface area contributed by atoms with E-state index in [1.54, 1.807) is 0 Å². The molecule has 0 saturated carbocycles. The number of aromatic nitrogens is 2. The molecule has 24 heavy (non-hydrogen) atoms. The molecular formula is C20H23N3O. The Morgan fingerprint density at radius 2 is 2.08 bits per heavy atom. The van der Waals surface area contributed by atoms with Gasteiger partial charge >= 0.3 is 0 Å². The minimum absolute atomic E-state index is 0.214. The van der Waals surface area contributed by atoms with Crippen molar-refractivity contribution in [2.45, 2.75) is 25.8 Å². The largest absolute Gasteiger partial charge is 0.358 e. The quantitative estimate of drug-likeness (QED) is 0.742. The maximum absolute atomic E-state index is 13.0. The molecule has 1 aliphatic heterocycles. The predicted molar refractivity (Wildman–Crippen MR) is 96.3 cm³/mol. The number of ketones is 1. The molecule has 2 aromatic heterocycles. The number of fused-ring (bicyclic) bond motifs is 1. The average molecular weight is 321 g/mol. The van der Waals surface area contributed by atoms with Gasteiger partial charge in [0.1, 0.15) is 0 Å². The highest BCUT2D eigenvalue weighted by atomic mass is 16.1. The van der Waals surface area contributed by atoms with Gasteiger partial charge in [0.25, 0.3) is 0 Å². The fourth-order valence-corrected chi connectivity index (χ4v) is 4.07. The van der Waals surface area contributed by atoms with E-state index in [-0.39, 0.29) is 5.78 Å². The number of para-hydroxylation sites is 1. The number of likely N-dealkylation sites (tertiary alicyclic amines) is 1. The van der Waals surface area contributed by atoms with Crippen molar-refractivity contribution in [3.8, 4) is 0 Å². The fraction of sp³-hybridized carbons (Fsp3) is 0.350. The molecule has 3 heterocycles. The lowest BCUT2D eigenvalue weighted by Crippen LogP contribution is -2.30. The molecule has 1 fully saturated rings. The molecule has 1 N–H and O–H groups in total. The van der Waals surface area contributed by atoms with Gasteiger partial charge in [-0.2, -0.15) is 0 Å². The Hall–Kier alpha value is -2.33. The number of benzene rings is 1. The van der Waals surface area contributed by atoms with Gasteiger partial charge in [-0.1, -0.05) is 18.2 Å². The molecule has 3 aromatic rings. The number of nitrogens with zero attached hydrogens (tertiary/aromatic N) is 2. The number of aromatic amines is 1. The molecule has 4 heteroatoms. The third kappa shape index (κ3) is 2.47. The molecule has 4 nitrogen and oxygen atoms in total. The first-order chi connectivity index (χ1) is 11.6. The van der Waals surface area contributed by atoms with Crippen LogP contribution < -0.4 is 0 Å². The zero-order chi connectivity index (χ0) is 16.7. The van der Waals surface area contributed by atoms with Gasteiger partial charge < -0.3 is 9.55 Å². The third-order valence-corrected chi connectivity index (χ3v) is 5.21. The van der Waals surface area contributed by atoms with Crippen molar-refractivity contribution >= 4 is 16.7 Å². The Bertz CT molecular complexity index is 889. The van der Waals surface area contributed by atoms with E-state index >= 15 is 0 Å². The number of H-pyrrole nitrogens is 1. The topological polar surface area (TPSA) is 41.0 Å². The summed E-state index contributed by atoms with van der Waals surface area (Å²) >= 11 is 0. The molecule has 1 saturated heterocycles. The lowest BCUT2D eigenvalue weighted by Gasteiger charge is -2.24. The van der Waals surface area contributed by atoms with Gasteiger partial charge in [0.15, 0.2) is 5.78 Å². The zero-order valence-corrected chi connectivity index (χ0v) is 14.2. The van der Waals surface area contributed by atoms with Gasteiger partial charge in [-0.25, -0.2) is 0 Å². The Morgan fingerprint density at radius 1 is 1.25 bits per heavy atom. The summed E-state index contributed by atoms with van der Waals surface area (Å²) < 4.78 is 2.17. The SMILES string of the molecule is Cc1[nH]c2ccccc2c1C(=O)CN1CCC[C@H]1c1cccn1C. The van der Waals surface area contributed by atoms with Crippen LogP contribution in [0.15, 0.2) is 42.6 Å². The van der Waals surface area contributed by atoms with Crippen LogP contribution in [0.25, 0.3) is 10.9 Å². The third-order valence-electron chi connectivity index (χ3n) is 5.21. The normalized spacial score (nSPS) is 18.5. The second-order valence-electron chi connectivity index (χ2n) is 6.77. The molecule has 124 valence electrons. The number of Topliss-reactive ketones (excluding diaryl/α,β-unsaturated/α-hetero) is 1. The van der Waals surface area contributed by atoms with Crippen molar-refractivity contribution < 1.29 is 4.79 Å². The van der Waals surface area contributed by atoms with E-state index in [4.69, 9.17) is 0 Å². The molecule has 0 unspecified atom stereocenters. The minimum Gasteiger partial charge on any atom is -0.358 e. The van der Waals surface area contributed by atoms with E-state index in [2.05, 4.69) is 39.8 Å². The molecule has 0 aliphatic carbocycles. The number of hydrogen-bond donors (Lipinski definition) is 1. The first-order valence-corrected chi connectivity index (χ1v) is 8.61. The second-order valence-corrected chi connectivity index (χ2v) is 6.77.